The minimum absolute atomic E-state index is 0.0477. The normalized spacial score (nSPS) is 22.5. The van der Waals surface area contributed by atoms with E-state index in [1.807, 2.05) is 0 Å². The standard InChI is InChI=1S/C14H20BrN3O2/c15-11-5-6-14(20)18(8-11)9-13(19)17-12-4-2-1-3-10(12)7-16/h5-6,8,10,12H,1-4,7,9,16H2,(H,17,19). The maximum absolute atomic E-state index is 12.1. The van der Waals surface area contributed by atoms with Crippen LogP contribution in [0.4, 0.5) is 0 Å². The van der Waals surface area contributed by atoms with Crippen LogP contribution in [-0.4, -0.2) is 23.1 Å². The van der Waals surface area contributed by atoms with Gasteiger partial charge in [0.05, 0.1) is 0 Å². The predicted molar refractivity (Wildman–Crippen MR) is 81.3 cm³/mol. The molecular weight excluding hydrogens is 322 g/mol. The van der Waals surface area contributed by atoms with Crippen LogP contribution in [0.3, 0.4) is 0 Å². The van der Waals surface area contributed by atoms with Gasteiger partial charge in [-0.1, -0.05) is 12.8 Å². The Morgan fingerprint density at radius 1 is 1.40 bits per heavy atom. The second-order valence-electron chi connectivity index (χ2n) is 5.27. The van der Waals surface area contributed by atoms with Crippen LogP contribution in [0.5, 0.6) is 0 Å². The fraction of sp³-hybridized carbons (Fsp3) is 0.571. The van der Waals surface area contributed by atoms with Crippen molar-refractivity contribution in [3.63, 3.8) is 0 Å². The van der Waals surface area contributed by atoms with Gasteiger partial charge in [-0.2, -0.15) is 0 Å². The summed E-state index contributed by atoms with van der Waals surface area (Å²) in [6.07, 6.45) is 5.97. The van der Waals surface area contributed by atoms with Gasteiger partial charge in [-0.15, -0.1) is 0 Å². The van der Waals surface area contributed by atoms with Crippen molar-refractivity contribution in [3.05, 3.63) is 33.2 Å². The van der Waals surface area contributed by atoms with E-state index >= 15 is 0 Å². The van der Waals surface area contributed by atoms with Crippen LogP contribution in [0.25, 0.3) is 0 Å². The third-order valence-electron chi connectivity index (χ3n) is 3.82. The molecule has 1 aromatic rings. The number of carbonyl (C=O) groups is 1. The molecule has 6 heteroatoms. The first-order valence-corrected chi connectivity index (χ1v) is 7.75. The van der Waals surface area contributed by atoms with Crippen LogP contribution < -0.4 is 16.6 Å². The van der Waals surface area contributed by atoms with E-state index in [4.69, 9.17) is 5.73 Å². The molecule has 1 aliphatic rings. The van der Waals surface area contributed by atoms with E-state index in [1.165, 1.54) is 17.1 Å². The lowest BCUT2D eigenvalue weighted by Crippen LogP contribution is -2.46. The summed E-state index contributed by atoms with van der Waals surface area (Å²) in [5, 5.41) is 3.02. The van der Waals surface area contributed by atoms with Crippen molar-refractivity contribution in [1.29, 1.82) is 0 Å². The first-order chi connectivity index (χ1) is 9.60. The monoisotopic (exact) mass is 341 g/mol. The molecule has 1 heterocycles. The molecule has 0 radical (unpaired) electrons. The minimum atomic E-state index is -0.178. The average molecular weight is 342 g/mol. The molecule has 1 aliphatic carbocycles. The quantitative estimate of drug-likeness (QED) is 0.864. The number of aromatic nitrogens is 1. The van der Waals surface area contributed by atoms with Crippen molar-refractivity contribution in [1.82, 2.24) is 9.88 Å². The second kappa shape index (κ2) is 7.04. The molecule has 0 bridgehead atoms. The summed E-state index contributed by atoms with van der Waals surface area (Å²) in [6, 6.07) is 3.26. The smallest absolute Gasteiger partial charge is 0.251 e. The summed E-state index contributed by atoms with van der Waals surface area (Å²) in [5.41, 5.74) is 5.57. The first kappa shape index (κ1) is 15.3. The van der Waals surface area contributed by atoms with Gasteiger partial charge < -0.3 is 15.6 Å². The first-order valence-electron chi connectivity index (χ1n) is 6.95. The Morgan fingerprint density at radius 3 is 2.90 bits per heavy atom. The van der Waals surface area contributed by atoms with Gasteiger partial charge in [0.1, 0.15) is 6.54 Å². The Bertz CT molecular complexity index is 529. The lowest BCUT2D eigenvalue weighted by atomic mass is 9.84. The van der Waals surface area contributed by atoms with E-state index < -0.39 is 0 Å². The average Bonchev–Trinajstić information content (AvgIpc) is 2.43. The number of hydrogen-bond acceptors (Lipinski definition) is 3. The highest BCUT2D eigenvalue weighted by atomic mass is 79.9. The van der Waals surface area contributed by atoms with E-state index in [0.29, 0.717) is 12.5 Å². The van der Waals surface area contributed by atoms with Crippen molar-refractivity contribution in [2.45, 2.75) is 38.3 Å². The maximum atomic E-state index is 12.1. The van der Waals surface area contributed by atoms with E-state index in [1.54, 1.807) is 12.3 Å². The van der Waals surface area contributed by atoms with Gasteiger partial charge in [0, 0.05) is 22.8 Å². The van der Waals surface area contributed by atoms with Gasteiger partial charge in [-0.05, 0) is 47.3 Å². The van der Waals surface area contributed by atoms with Crippen LogP contribution in [0, 0.1) is 5.92 Å². The zero-order chi connectivity index (χ0) is 14.5. The topological polar surface area (TPSA) is 77.1 Å². The number of nitrogens with zero attached hydrogens (tertiary/aromatic N) is 1. The summed E-state index contributed by atoms with van der Waals surface area (Å²) >= 11 is 3.30. The molecule has 2 unspecified atom stereocenters. The molecule has 1 amide bonds. The van der Waals surface area contributed by atoms with Crippen molar-refractivity contribution >= 4 is 21.8 Å². The molecule has 5 nitrogen and oxygen atoms in total. The number of rotatable bonds is 4. The van der Waals surface area contributed by atoms with Crippen molar-refractivity contribution in [3.8, 4) is 0 Å². The fourth-order valence-corrected chi connectivity index (χ4v) is 3.09. The molecule has 0 aromatic carbocycles. The minimum Gasteiger partial charge on any atom is -0.351 e. The largest absolute Gasteiger partial charge is 0.351 e. The summed E-state index contributed by atoms with van der Waals surface area (Å²) in [4.78, 5) is 23.7. The van der Waals surface area contributed by atoms with E-state index in [9.17, 15) is 9.59 Å². The Labute approximate surface area is 126 Å². The van der Waals surface area contributed by atoms with Gasteiger partial charge in [-0.25, -0.2) is 0 Å². The summed E-state index contributed by atoms with van der Waals surface area (Å²) < 4.78 is 2.18. The third-order valence-corrected chi connectivity index (χ3v) is 4.29. The van der Waals surface area contributed by atoms with Crippen LogP contribution in [-0.2, 0) is 11.3 Å². The van der Waals surface area contributed by atoms with Crippen LogP contribution in [0.2, 0.25) is 0 Å². The van der Waals surface area contributed by atoms with Crippen LogP contribution in [0.1, 0.15) is 25.7 Å². The zero-order valence-electron chi connectivity index (χ0n) is 11.3. The van der Waals surface area contributed by atoms with Crippen molar-refractivity contribution < 1.29 is 4.79 Å². The molecule has 2 atom stereocenters. The molecule has 20 heavy (non-hydrogen) atoms. The Morgan fingerprint density at radius 2 is 2.15 bits per heavy atom. The highest BCUT2D eigenvalue weighted by Gasteiger charge is 2.25. The molecule has 0 aliphatic heterocycles. The SMILES string of the molecule is NCC1CCCCC1NC(=O)Cn1cc(Br)ccc1=O. The van der Waals surface area contributed by atoms with Crippen molar-refractivity contribution in [2.24, 2.45) is 11.7 Å². The zero-order valence-corrected chi connectivity index (χ0v) is 12.9. The maximum Gasteiger partial charge on any atom is 0.251 e. The Hall–Kier alpha value is -1.14. The number of nitrogens with one attached hydrogen (secondary N) is 1. The number of halogens is 1. The summed E-state index contributed by atoms with van der Waals surface area (Å²) in [6.45, 7) is 0.647. The molecule has 2 rings (SSSR count). The Kier molecular flexibility index (Phi) is 5.37. The number of pyridine rings is 1. The van der Waals surface area contributed by atoms with Crippen LogP contribution >= 0.6 is 15.9 Å². The van der Waals surface area contributed by atoms with Gasteiger partial charge in [0.15, 0.2) is 0 Å². The summed E-state index contributed by atoms with van der Waals surface area (Å²) in [7, 11) is 0. The highest BCUT2D eigenvalue weighted by molar-refractivity contribution is 9.10. The molecule has 1 fully saturated rings. The van der Waals surface area contributed by atoms with E-state index in [2.05, 4.69) is 21.2 Å². The number of amides is 1. The number of hydrogen-bond donors (Lipinski definition) is 2. The molecule has 1 aromatic heterocycles. The molecular formula is C14H20BrN3O2. The number of carbonyl (C=O) groups excluding carboxylic acids is 1. The van der Waals surface area contributed by atoms with E-state index in [-0.39, 0.29) is 24.1 Å². The van der Waals surface area contributed by atoms with Gasteiger partial charge >= 0.3 is 0 Å². The molecule has 1 saturated carbocycles. The van der Waals surface area contributed by atoms with Crippen molar-refractivity contribution in [2.75, 3.05) is 6.54 Å². The Balaban J connectivity index is 1.98. The summed E-state index contributed by atoms with van der Waals surface area (Å²) in [5.74, 6) is 0.225. The lowest BCUT2D eigenvalue weighted by molar-refractivity contribution is -0.123. The molecule has 0 saturated heterocycles. The van der Waals surface area contributed by atoms with E-state index in [0.717, 1.165) is 23.7 Å². The number of nitrogens with two attached hydrogens (primary N) is 1. The lowest BCUT2D eigenvalue weighted by Gasteiger charge is -2.31. The highest BCUT2D eigenvalue weighted by Crippen LogP contribution is 2.23. The molecule has 3 N–H and O–H groups in total. The third kappa shape index (κ3) is 3.93. The van der Waals surface area contributed by atoms with Gasteiger partial charge in [-0.3, -0.25) is 9.59 Å². The van der Waals surface area contributed by atoms with Crippen LogP contribution in [0.15, 0.2) is 27.6 Å². The molecule has 0 spiro atoms. The van der Waals surface area contributed by atoms with Gasteiger partial charge in [0.2, 0.25) is 5.91 Å². The molecule has 110 valence electrons. The fourth-order valence-electron chi connectivity index (χ4n) is 2.71. The van der Waals surface area contributed by atoms with Gasteiger partial charge in [0.25, 0.3) is 5.56 Å². The second-order valence-corrected chi connectivity index (χ2v) is 6.18. The predicted octanol–water partition coefficient (Wildman–Crippen LogP) is 1.24.